The van der Waals surface area contributed by atoms with E-state index in [0.29, 0.717) is 18.1 Å². The number of thiophene rings is 1. The lowest BCUT2D eigenvalue weighted by atomic mass is 10.2. The molecule has 5 nitrogen and oxygen atoms in total. The predicted octanol–water partition coefficient (Wildman–Crippen LogP) is 2.24. The molecule has 4 N–H and O–H groups in total. The molecule has 0 bridgehead atoms. The van der Waals surface area contributed by atoms with Crippen molar-refractivity contribution in [2.75, 3.05) is 10.6 Å². The van der Waals surface area contributed by atoms with E-state index in [1.165, 1.54) is 4.88 Å². The molecule has 0 aliphatic rings. The van der Waals surface area contributed by atoms with Crippen molar-refractivity contribution in [1.29, 1.82) is 0 Å². The van der Waals surface area contributed by atoms with Gasteiger partial charge in [-0.15, -0.1) is 11.3 Å². The van der Waals surface area contributed by atoms with E-state index in [2.05, 4.69) is 29.8 Å². The number of pyridine rings is 1. The molecule has 0 aliphatic heterocycles. The molecule has 2 heterocycles. The Bertz CT molecular complexity index is 595. The number of amides is 1. The molecule has 0 saturated heterocycles. The summed E-state index contributed by atoms with van der Waals surface area (Å²) < 4.78 is 0. The third-order valence-electron chi connectivity index (χ3n) is 2.96. The minimum atomic E-state index is -0.550. The standard InChI is InChI=1S/C14H18N4OS/c1-9(2)18(8-10-4-3-7-20-10)14-11(15)5-6-12(17-14)13(16)19/h3-7,9H,8,15H2,1-2H3,(H2,16,19). The smallest absolute Gasteiger partial charge is 0.267 e. The van der Waals surface area contributed by atoms with Crippen LogP contribution in [0.15, 0.2) is 29.6 Å². The molecule has 2 rings (SSSR count). The summed E-state index contributed by atoms with van der Waals surface area (Å²) in [5.74, 6) is 0.0516. The zero-order valence-electron chi connectivity index (χ0n) is 11.5. The van der Waals surface area contributed by atoms with Gasteiger partial charge in [0, 0.05) is 10.9 Å². The lowest BCUT2D eigenvalue weighted by molar-refractivity contribution is 0.0995. The molecule has 0 radical (unpaired) electrons. The van der Waals surface area contributed by atoms with E-state index in [0.717, 1.165) is 0 Å². The SMILES string of the molecule is CC(C)N(Cc1cccs1)c1nc(C(N)=O)ccc1N. The fourth-order valence-electron chi connectivity index (χ4n) is 1.90. The van der Waals surface area contributed by atoms with Crippen LogP contribution in [0, 0.1) is 0 Å². The predicted molar refractivity (Wildman–Crippen MR) is 82.8 cm³/mol. The largest absolute Gasteiger partial charge is 0.396 e. The third-order valence-corrected chi connectivity index (χ3v) is 3.82. The van der Waals surface area contributed by atoms with Crippen LogP contribution in [-0.2, 0) is 6.54 Å². The number of nitrogens with zero attached hydrogens (tertiary/aromatic N) is 2. The molecular formula is C14H18N4OS. The Balaban J connectivity index is 2.38. The van der Waals surface area contributed by atoms with Crippen molar-refractivity contribution in [3.8, 4) is 0 Å². The van der Waals surface area contributed by atoms with Gasteiger partial charge in [0.25, 0.3) is 5.91 Å². The maximum atomic E-state index is 11.3. The number of carbonyl (C=O) groups excluding carboxylic acids is 1. The third kappa shape index (κ3) is 3.08. The Hall–Kier alpha value is -2.08. The van der Waals surface area contributed by atoms with Gasteiger partial charge in [0.2, 0.25) is 0 Å². The van der Waals surface area contributed by atoms with Gasteiger partial charge in [-0.1, -0.05) is 6.07 Å². The maximum absolute atomic E-state index is 11.3. The summed E-state index contributed by atoms with van der Waals surface area (Å²) in [6, 6.07) is 7.50. The molecule has 2 aromatic heterocycles. The number of nitrogen functional groups attached to an aromatic ring is 1. The first-order chi connectivity index (χ1) is 9.49. The van der Waals surface area contributed by atoms with Crippen LogP contribution in [0.4, 0.5) is 11.5 Å². The number of hydrogen-bond acceptors (Lipinski definition) is 5. The summed E-state index contributed by atoms with van der Waals surface area (Å²) in [5, 5.41) is 2.03. The second-order valence-corrected chi connectivity index (χ2v) is 5.81. The molecule has 0 spiro atoms. The summed E-state index contributed by atoms with van der Waals surface area (Å²) in [4.78, 5) is 18.9. The Labute approximate surface area is 122 Å². The Morgan fingerprint density at radius 2 is 2.15 bits per heavy atom. The zero-order valence-corrected chi connectivity index (χ0v) is 12.4. The highest BCUT2D eigenvalue weighted by Gasteiger charge is 2.17. The second-order valence-electron chi connectivity index (χ2n) is 4.77. The van der Waals surface area contributed by atoms with Gasteiger partial charge in [0.15, 0.2) is 5.82 Å². The van der Waals surface area contributed by atoms with Crippen LogP contribution in [0.3, 0.4) is 0 Å². The molecular weight excluding hydrogens is 272 g/mol. The number of primary amides is 1. The first kappa shape index (κ1) is 14.3. The van der Waals surface area contributed by atoms with E-state index < -0.39 is 5.91 Å². The summed E-state index contributed by atoms with van der Waals surface area (Å²) in [6.07, 6.45) is 0. The van der Waals surface area contributed by atoms with Crippen LogP contribution < -0.4 is 16.4 Å². The lowest BCUT2D eigenvalue weighted by Gasteiger charge is -2.28. The molecule has 0 unspecified atom stereocenters. The quantitative estimate of drug-likeness (QED) is 0.884. The monoisotopic (exact) mass is 290 g/mol. The summed E-state index contributed by atoms with van der Waals surface area (Å²) in [6.45, 7) is 4.83. The van der Waals surface area contributed by atoms with Gasteiger partial charge in [-0.25, -0.2) is 4.98 Å². The van der Waals surface area contributed by atoms with Crippen molar-refractivity contribution in [1.82, 2.24) is 4.98 Å². The second kappa shape index (κ2) is 5.92. The fourth-order valence-corrected chi connectivity index (χ4v) is 2.60. The number of rotatable bonds is 5. The maximum Gasteiger partial charge on any atom is 0.267 e. The molecule has 0 saturated carbocycles. The van der Waals surface area contributed by atoms with Crippen molar-refractivity contribution in [2.45, 2.75) is 26.4 Å². The van der Waals surface area contributed by atoms with Crippen LogP contribution in [-0.4, -0.2) is 16.9 Å². The van der Waals surface area contributed by atoms with Crippen molar-refractivity contribution in [2.24, 2.45) is 5.73 Å². The fraction of sp³-hybridized carbons (Fsp3) is 0.286. The highest BCUT2D eigenvalue weighted by Crippen LogP contribution is 2.26. The summed E-state index contributed by atoms with van der Waals surface area (Å²) >= 11 is 1.68. The topological polar surface area (TPSA) is 85.2 Å². The summed E-state index contributed by atoms with van der Waals surface area (Å²) in [5.41, 5.74) is 12.1. The average Bonchev–Trinajstić information content (AvgIpc) is 2.89. The van der Waals surface area contributed by atoms with Gasteiger partial charge in [-0.2, -0.15) is 0 Å². The van der Waals surface area contributed by atoms with E-state index in [-0.39, 0.29) is 11.7 Å². The van der Waals surface area contributed by atoms with Gasteiger partial charge in [0.1, 0.15) is 5.69 Å². The van der Waals surface area contributed by atoms with Crippen LogP contribution in [0.5, 0.6) is 0 Å². The Morgan fingerprint density at radius 3 is 2.70 bits per heavy atom. The van der Waals surface area contributed by atoms with E-state index in [9.17, 15) is 4.79 Å². The first-order valence-corrected chi connectivity index (χ1v) is 7.22. The molecule has 0 aliphatic carbocycles. The van der Waals surface area contributed by atoms with Crippen LogP contribution in [0.1, 0.15) is 29.2 Å². The molecule has 2 aromatic rings. The van der Waals surface area contributed by atoms with Crippen molar-refractivity contribution in [3.63, 3.8) is 0 Å². The van der Waals surface area contributed by atoms with E-state index in [1.807, 2.05) is 11.4 Å². The molecule has 0 fully saturated rings. The molecule has 0 aromatic carbocycles. The highest BCUT2D eigenvalue weighted by molar-refractivity contribution is 7.09. The molecule has 1 amide bonds. The van der Waals surface area contributed by atoms with E-state index in [1.54, 1.807) is 23.5 Å². The number of carbonyl (C=O) groups is 1. The molecule has 0 atom stereocenters. The lowest BCUT2D eigenvalue weighted by Crippen LogP contribution is -2.32. The van der Waals surface area contributed by atoms with Crippen LogP contribution in [0.25, 0.3) is 0 Å². The number of hydrogen-bond donors (Lipinski definition) is 2. The Morgan fingerprint density at radius 1 is 1.40 bits per heavy atom. The molecule has 106 valence electrons. The number of aromatic nitrogens is 1. The van der Waals surface area contributed by atoms with Gasteiger partial charge in [0.05, 0.1) is 12.2 Å². The number of anilines is 2. The normalized spacial score (nSPS) is 10.8. The highest BCUT2D eigenvalue weighted by atomic mass is 32.1. The van der Waals surface area contributed by atoms with Crippen molar-refractivity contribution in [3.05, 3.63) is 40.2 Å². The minimum Gasteiger partial charge on any atom is -0.396 e. The number of nitrogens with two attached hydrogens (primary N) is 2. The van der Waals surface area contributed by atoms with Crippen molar-refractivity contribution >= 4 is 28.7 Å². The Kier molecular flexibility index (Phi) is 4.24. The zero-order chi connectivity index (χ0) is 14.7. The van der Waals surface area contributed by atoms with Crippen LogP contribution in [0.2, 0.25) is 0 Å². The minimum absolute atomic E-state index is 0.204. The van der Waals surface area contributed by atoms with E-state index in [4.69, 9.17) is 11.5 Å². The van der Waals surface area contributed by atoms with Gasteiger partial charge < -0.3 is 16.4 Å². The average molecular weight is 290 g/mol. The van der Waals surface area contributed by atoms with E-state index >= 15 is 0 Å². The molecule has 20 heavy (non-hydrogen) atoms. The van der Waals surface area contributed by atoms with Gasteiger partial charge >= 0.3 is 0 Å². The summed E-state index contributed by atoms with van der Waals surface area (Å²) in [7, 11) is 0. The van der Waals surface area contributed by atoms with Gasteiger partial charge in [-0.3, -0.25) is 4.79 Å². The first-order valence-electron chi connectivity index (χ1n) is 6.34. The molecule has 6 heteroatoms. The van der Waals surface area contributed by atoms with Crippen LogP contribution >= 0.6 is 11.3 Å². The van der Waals surface area contributed by atoms with Gasteiger partial charge in [-0.05, 0) is 37.4 Å². The van der Waals surface area contributed by atoms with Crippen molar-refractivity contribution < 1.29 is 4.79 Å².